The second-order valence-corrected chi connectivity index (χ2v) is 9.70. The van der Waals surface area contributed by atoms with Crippen LogP contribution in [-0.4, -0.2) is 80.7 Å². The Balaban J connectivity index is -0.000000254. The van der Waals surface area contributed by atoms with Gasteiger partial charge in [-0.05, 0) is 60.1 Å². The number of aliphatic hydroxyl groups is 4. The third-order valence-electron chi connectivity index (χ3n) is 5.46. The first-order chi connectivity index (χ1) is 18.3. The largest absolute Gasteiger partial charge is 1.00 e. The molecule has 11 nitrogen and oxygen atoms in total. The van der Waals surface area contributed by atoms with Crippen LogP contribution in [0.1, 0.15) is 47.8 Å². The molecule has 0 bridgehead atoms. The van der Waals surface area contributed by atoms with Crippen molar-refractivity contribution in [3.8, 4) is 0 Å². The number of halogens is 4. The first kappa shape index (κ1) is 46.4. The molecule has 2 aromatic rings. The fourth-order valence-corrected chi connectivity index (χ4v) is 3.63. The molecule has 42 heavy (non-hydrogen) atoms. The minimum atomic E-state index is -1.63. The number of rotatable bonds is 3. The van der Waals surface area contributed by atoms with Crippen molar-refractivity contribution in [2.24, 2.45) is 0 Å². The topological polar surface area (TPSA) is 180 Å². The van der Waals surface area contributed by atoms with E-state index in [-0.39, 0.29) is 98.2 Å². The number of carbonyl (C=O) groups excluding carboxylic acids is 3. The molecule has 0 saturated carbocycles. The normalized spacial score (nSPS) is 15.8. The van der Waals surface area contributed by atoms with Crippen molar-refractivity contribution in [3.05, 3.63) is 69.7 Å². The summed E-state index contributed by atoms with van der Waals surface area (Å²) in [6, 6.07) is 13.1. The molecule has 0 aliphatic carbocycles. The molecular weight excluding hydrogens is 660 g/mol. The molecule has 2 heterocycles. The van der Waals surface area contributed by atoms with Gasteiger partial charge in [-0.1, -0.05) is 23.2 Å². The van der Waals surface area contributed by atoms with Gasteiger partial charge in [0.2, 0.25) is 0 Å². The zero-order valence-electron chi connectivity index (χ0n) is 24.2. The predicted molar refractivity (Wildman–Crippen MR) is 150 cm³/mol. The van der Waals surface area contributed by atoms with Gasteiger partial charge in [-0.15, -0.1) is 12.4 Å². The molecule has 17 heteroatoms. The van der Waals surface area contributed by atoms with Gasteiger partial charge in [0, 0.05) is 73.0 Å². The molecule has 2 fully saturated rings. The van der Waals surface area contributed by atoms with E-state index in [2.05, 4.69) is 10.2 Å². The van der Waals surface area contributed by atoms with Crippen LogP contribution >= 0.6 is 47.2 Å². The molecule has 5 N–H and O–H groups in total. The number of benzene rings is 2. The van der Waals surface area contributed by atoms with Gasteiger partial charge in [0.25, 0.3) is 17.6 Å². The second kappa shape index (κ2) is 24.2. The van der Waals surface area contributed by atoms with Crippen molar-refractivity contribution >= 4 is 64.8 Å². The molecule has 0 radical (unpaired) electrons. The van der Waals surface area contributed by atoms with Gasteiger partial charge >= 0.3 is 59.1 Å². The Kier molecular flexibility index (Phi) is 26.8. The fourth-order valence-electron chi connectivity index (χ4n) is 3.25. The second-order valence-electron chi connectivity index (χ2n) is 8.49. The van der Waals surface area contributed by atoms with Crippen LogP contribution in [0.5, 0.6) is 0 Å². The Hall–Kier alpha value is -0.0300. The van der Waals surface area contributed by atoms with Crippen LogP contribution in [0.3, 0.4) is 0 Å². The quantitative estimate of drug-likeness (QED) is 0.0532. The van der Waals surface area contributed by atoms with Crippen LogP contribution in [0, 0.1) is 0 Å². The predicted octanol–water partition coefficient (Wildman–Crippen LogP) is -4.00. The molecule has 1 amide bonds. The van der Waals surface area contributed by atoms with Gasteiger partial charge < -0.3 is 42.2 Å². The van der Waals surface area contributed by atoms with E-state index in [0.717, 1.165) is 0 Å². The molecule has 2 saturated heterocycles. The van der Waals surface area contributed by atoms with Gasteiger partial charge in [-0.25, -0.2) is 0 Å². The van der Waals surface area contributed by atoms with Gasteiger partial charge in [0.05, 0.1) is 0 Å². The van der Waals surface area contributed by atoms with E-state index in [9.17, 15) is 19.8 Å². The van der Waals surface area contributed by atoms with E-state index in [1.54, 1.807) is 53.4 Å². The van der Waals surface area contributed by atoms with Crippen molar-refractivity contribution in [3.63, 3.8) is 0 Å². The number of hydrogen-bond donors (Lipinski definition) is 5. The molecule has 2 aliphatic heterocycles. The maximum Gasteiger partial charge on any atom is 1.00 e. The Bertz CT molecular complexity index is 1040. The number of carbonyl (C=O) groups is 3. The molecular formula is C25H32Cl4N2Na2O9. The van der Waals surface area contributed by atoms with Crippen LogP contribution in [0.15, 0.2) is 48.5 Å². The minimum Gasteiger partial charge on any atom is -1.00 e. The molecule has 4 rings (SSSR count). The summed E-state index contributed by atoms with van der Waals surface area (Å²) in [5, 5.41) is 48.7. The SMILES string of the molecule is Cl.O=C(Cl)c1ccc(Cl)cc1.O=C(c1ccc(Cl)cc1)N1CCC(O)(O)CC1.O=CO[O-].OC1(O)CCNCC1.[H-].[Na+].[Na+]. The summed E-state index contributed by atoms with van der Waals surface area (Å²) in [4.78, 5) is 35.4. The first-order valence-corrected chi connectivity index (χ1v) is 12.8. The Morgan fingerprint density at radius 3 is 1.50 bits per heavy atom. The smallest absolute Gasteiger partial charge is 1.00 e. The van der Waals surface area contributed by atoms with Gasteiger partial charge in [-0.2, -0.15) is 0 Å². The molecule has 0 spiro atoms. The van der Waals surface area contributed by atoms with Gasteiger partial charge in [-0.3, -0.25) is 14.4 Å². The van der Waals surface area contributed by atoms with Crippen molar-refractivity contribution in [2.45, 2.75) is 37.3 Å². The van der Waals surface area contributed by atoms with Crippen LogP contribution in [0.25, 0.3) is 0 Å². The number of hydrogen-bond acceptors (Lipinski definition) is 10. The average Bonchev–Trinajstić information content (AvgIpc) is 2.90. The number of nitrogens with one attached hydrogen (secondary N) is 1. The van der Waals surface area contributed by atoms with Crippen molar-refractivity contribution in [2.75, 3.05) is 26.2 Å². The number of nitrogens with zero attached hydrogens (tertiary/aromatic N) is 1. The maximum absolute atomic E-state index is 12.0. The molecule has 0 unspecified atom stereocenters. The third kappa shape index (κ3) is 20.1. The summed E-state index contributed by atoms with van der Waals surface area (Å²) >= 11 is 16.5. The third-order valence-corrected chi connectivity index (χ3v) is 6.18. The summed E-state index contributed by atoms with van der Waals surface area (Å²) in [5.74, 6) is -3.11. The monoisotopic (exact) mass is 690 g/mol. The van der Waals surface area contributed by atoms with E-state index in [0.29, 0.717) is 60.2 Å². The zero-order valence-corrected chi connectivity index (χ0v) is 30.3. The summed E-state index contributed by atoms with van der Waals surface area (Å²) in [7, 11) is 0. The Morgan fingerprint density at radius 2 is 1.19 bits per heavy atom. The zero-order chi connectivity index (χ0) is 29.5. The molecule has 0 atom stereocenters. The Morgan fingerprint density at radius 1 is 0.833 bits per heavy atom. The van der Waals surface area contributed by atoms with Crippen LogP contribution < -0.4 is 69.7 Å². The molecule has 2 aromatic carbocycles. The van der Waals surface area contributed by atoms with Gasteiger partial charge in [0.15, 0.2) is 11.6 Å². The van der Waals surface area contributed by atoms with E-state index in [1.165, 1.54) is 0 Å². The number of likely N-dealkylation sites (tertiary alicyclic amines) is 1. The standard InChI is InChI=1S/C12H14ClNO3.C7H4Cl2O.C5H11NO2.CH2O3.ClH.2Na.H/c13-10-3-1-9(2-4-10)11(15)14-7-5-12(16,17)6-8-14;8-6-3-1-5(2-4-6)7(9)10;7-5(8)1-3-6-4-2-5;2-1-4-3;;;;/h1-4,16-17H,5-8H2;1-4H;6-8H,1-4H2;1,3H;1H;;;/q;;;;;2*+1;-1/p-1. The van der Waals surface area contributed by atoms with E-state index in [1.807, 2.05) is 0 Å². The molecule has 2 aliphatic rings. The van der Waals surface area contributed by atoms with Crippen LogP contribution in [0.4, 0.5) is 0 Å². The first-order valence-electron chi connectivity index (χ1n) is 11.6. The van der Waals surface area contributed by atoms with E-state index in [4.69, 9.17) is 55.1 Å². The summed E-state index contributed by atoms with van der Waals surface area (Å²) in [6.07, 6.45) is 1.28. The van der Waals surface area contributed by atoms with Crippen molar-refractivity contribution < 1.29 is 105 Å². The van der Waals surface area contributed by atoms with E-state index >= 15 is 0 Å². The van der Waals surface area contributed by atoms with Crippen LogP contribution in [-0.2, 0) is 9.68 Å². The summed E-state index contributed by atoms with van der Waals surface area (Å²) in [6.45, 7) is 1.96. The van der Waals surface area contributed by atoms with E-state index < -0.39 is 16.8 Å². The number of piperidine rings is 2. The molecule has 0 aromatic heterocycles. The van der Waals surface area contributed by atoms with Crippen LogP contribution in [0.2, 0.25) is 10.0 Å². The summed E-state index contributed by atoms with van der Waals surface area (Å²) in [5.41, 5.74) is 1.03. The fraction of sp³-hybridized carbons (Fsp3) is 0.400. The number of amides is 1. The van der Waals surface area contributed by atoms with Crippen molar-refractivity contribution in [1.29, 1.82) is 0 Å². The van der Waals surface area contributed by atoms with Crippen molar-refractivity contribution in [1.82, 2.24) is 10.2 Å². The maximum atomic E-state index is 12.0. The summed E-state index contributed by atoms with van der Waals surface area (Å²) < 4.78 is 0. The average molecular weight is 692 g/mol. The molecule has 226 valence electrons. The Labute approximate surface area is 310 Å². The van der Waals surface area contributed by atoms with Gasteiger partial charge in [0.1, 0.15) is 0 Å². The minimum absolute atomic E-state index is 0.